The van der Waals surface area contributed by atoms with E-state index in [2.05, 4.69) is 33.9 Å². The summed E-state index contributed by atoms with van der Waals surface area (Å²) in [5.74, 6) is 1.61. The number of benzene rings is 1. The molecule has 2 aliphatic heterocycles. The number of carbonyl (C=O) groups excluding carboxylic acids is 1. The Morgan fingerprint density at radius 2 is 1.88 bits per heavy atom. The first kappa shape index (κ1) is 22.7. The lowest BCUT2D eigenvalue weighted by Gasteiger charge is -2.34. The summed E-state index contributed by atoms with van der Waals surface area (Å²) in [7, 11) is 0. The highest BCUT2D eigenvalue weighted by Crippen LogP contribution is 2.31. The van der Waals surface area contributed by atoms with Gasteiger partial charge in [-0.3, -0.25) is 4.79 Å². The number of aromatic nitrogens is 3. The first-order chi connectivity index (χ1) is 16.2. The Bertz CT molecular complexity index is 1280. The van der Waals surface area contributed by atoms with E-state index in [1.54, 1.807) is 4.90 Å². The normalized spacial score (nSPS) is 19.3. The van der Waals surface area contributed by atoms with Crippen molar-refractivity contribution in [3.8, 4) is 0 Å². The topological polar surface area (TPSA) is 69.4 Å². The summed E-state index contributed by atoms with van der Waals surface area (Å²) in [6.45, 7) is 9.81. The third-order valence-corrected chi connectivity index (χ3v) is 7.05. The van der Waals surface area contributed by atoms with Crippen molar-refractivity contribution in [2.45, 2.75) is 77.5 Å². The number of rotatable bonds is 2. The van der Waals surface area contributed by atoms with Crippen molar-refractivity contribution in [3.63, 3.8) is 0 Å². The SMILES string of the molecule is Cc1cn2c(n1)CCC(c1ccc3c(=O)n(C4CCN(C(=O)OC(C)(C)C)CC4)ccc3c1)C2. The van der Waals surface area contributed by atoms with Crippen molar-refractivity contribution >= 4 is 16.9 Å². The van der Waals surface area contributed by atoms with Gasteiger partial charge in [-0.15, -0.1) is 0 Å². The summed E-state index contributed by atoms with van der Waals surface area (Å²) in [4.78, 5) is 32.1. The van der Waals surface area contributed by atoms with E-state index in [0.717, 1.165) is 48.7 Å². The van der Waals surface area contributed by atoms with Crippen LogP contribution >= 0.6 is 0 Å². The predicted octanol–water partition coefficient (Wildman–Crippen LogP) is 4.81. The molecule has 2 aliphatic rings. The zero-order chi connectivity index (χ0) is 24.0. The lowest BCUT2D eigenvalue weighted by Crippen LogP contribution is -2.43. The van der Waals surface area contributed by atoms with Crippen LogP contribution in [-0.4, -0.2) is 43.8 Å². The Morgan fingerprint density at radius 3 is 2.62 bits per heavy atom. The third-order valence-electron chi connectivity index (χ3n) is 7.05. The average molecular weight is 463 g/mol. The Hall–Kier alpha value is -3.09. The number of carbonyl (C=O) groups is 1. The zero-order valence-electron chi connectivity index (χ0n) is 20.6. The number of fused-ring (bicyclic) bond motifs is 2. The minimum atomic E-state index is -0.500. The first-order valence-electron chi connectivity index (χ1n) is 12.3. The van der Waals surface area contributed by atoms with Crippen LogP contribution in [0, 0.1) is 6.92 Å². The van der Waals surface area contributed by atoms with E-state index in [0.29, 0.717) is 19.0 Å². The minimum absolute atomic E-state index is 0.0518. The summed E-state index contributed by atoms with van der Waals surface area (Å²) >= 11 is 0. The fourth-order valence-electron chi connectivity index (χ4n) is 5.33. The van der Waals surface area contributed by atoms with E-state index in [9.17, 15) is 9.59 Å². The van der Waals surface area contributed by atoms with Crippen molar-refractivity contribution in [1.82, 2.24) is 19.0 Å². The highest BCUT2D eigenvalue weighted by molar-refractivity contribution is 5.82. The first-order valence-corrected chi connectivity index (χ1v) is 12.3. The number of amides is 1. The summed E-state index contributed by atoms with van der Waals surface area (Å²) in [5.41, 5.74) is 1.91. The van der Waals surface area contributed by atoms with Gasteiger partial charge in [-0.05, 0) is 70.0 Å². The van der Waals surface area contributed by atoms with Crippen LogP contribution in [0.3, 0.4) is 0 Å². The third kappa shape index (κ3) is 4.48. The van der Waals surface area contributed by atoms with Gasteiger partial charge in [-0.1, -0.05) is 12.1 Å². The van der Waals surface area contributed by atoms with Gasteiger partial charge in [0.05, 0.1) is 5.69 Å². The number of nitrogens with zero attached hydrogens (tertiary/aromatic N) is 4. The summed E-state index contributed by atoms with van der Waals surface area (Å²) in [6.07, 6.45) is 7.35. The molecular weight excluding hydrogens is 428 g/mol. The molecule has 1 fully saturated rings. The van der Waals surface area contributed by atoms with Crippen LogP contribution in [0.15, 0.2) is 41.5 Å². The van der Waals surface area contributed by atoms with E-state index in [-0.39, 0.29) is 17.7 Å². The molecule has 0 N–H and O–H groups in total. The van der Waals surface area contributed by atoms with Crippen molar-refractivity contribution in [3.05, 3.63) is 64.1 Å². The minimum Gasteiger partial charge on any atom is -0.444 e. The van der Waals surface area contributed by atoms with Gasteiger partial charge in [-0.25, -0.2) is 9.78 Å². The Labute approximate surface area is 200 Å². The molecule has 5 rings (SSSR count). The Kier molecular flexibility index (Phi) is 5.74. The molecule has 1 atom stereocenters. The van der Waals surface area contributed by atoms with Crippen LogP contribution in [0.1, 0.15) is 69.1 Å². The number of likely N-dealkylation sites (tertiary alicyclic amines) is 1. The number of aryl methyl sites for hydroxylation is 2. The van der Waals surface area contributed by atoms with E-state index < -0.39 is 5.60 Å². The van der Waals surface area contributed by atoms with Crippen LogP contribution in [0.2, 0.25) is 0 Å². The van der Waals surface area contributed by atoms with Crippen molar-refractivity contribution in [2.75, 3.05) is 13.1 Å². The van der Waals surface area contributed by atoms with Gasteiger partial charge in [0, 0.05) is 55.8 Å². The number of pyridine rings is 1. The fourth-order valence-corrected chi connectivity index (χ4v) is 5.33. The van der Waals surface area contributed by atoms with E-state index in [1.165, 1.54) is 11.4 Å². The number of ether oxygens (including phenoxy) is 1. The van der Waals surface area contributed by atoms with Crippen molar-refractivity contribution in [1.29, 1.82) is 0 Å². The molecule has 1 aromatic carbocycles. The van der Waals surface area contributed by atoms with Crippen LogP contribution < -0.4 is 5.56 Å². The van der Waals surface area contributed by atoms with Gasteiger partial charge in [0.2, 0.25) is 0 Å². The van der Waals surface area contributed by atoms with Gasteiger partial charge in [0.15, 0.2) is 0 Å². The second-order valence-electron chi connectivity index (χ2n) is 10.8. The number of imidazole rings is 1. The van der Waals surface area contributed by atoms with E-state index in [1.807, 2.05) is 44.5 Å². The molecule has 1 unspecified atom stereocenters. The molecule has 2 aromatic heterocycles. The lowest BCUT2D eigenvalue weighted by atomic mass is 9.90. The van der Waals surface area contributed by atoms with Crippen molar-refractivity contribution < 1.29 is 9.53 Å². The van der Waals surface area contributed by atoms with Crippen LogP contribution in [-0.2, 0) is 17.7 Å². The molecule has 180 valence electrons. The van der Waals surface area contributed by atoms with Crippen LogP contribution in [0.4, 0.5) is 4.79 Å². The summed E-state index contributed by atoms with van der Waals surface area (Å²) in [5, 5.41) is 1.76. The molecule has 3 aromatic rings. The molecule has 7 heteroatoms. The van der Waals surface area contributed by atoms with Gasteiger partial charge in [0.25, 0.3) is 5.56 Å². The number of piperidine rings is 1. The van der Waals surface area contributed by atoms with Gasteiger partial charge in [0.1, 0.15) is 11.4 Å². The quantitative estimate of drug-likeness (QED) is 0.548. The lowest BCUT2D eigenvalue weighted by molar-refractivity contribution is 0.0187. The van der Waals surface area contributed by atoms with Gasteiger partial charge in [-0.2, -0.15) is 0 Å². The zero-order valence-corrected chi connectivity index (χ0v) is 20.6. The van der Waals surface area contributed by atoms with Gasteiger partial charge < -0.3 is 18.8 Å². The molecule has 0 radical (unpaired) electrons. The Morgan fingerprint density at radius 1 is 1.12 bits per heavy atom. The molecule has 0 saturated carbocycles. The number of hydrogen-bond donors (Lipinski definition) is 0. The maximum absolute atomic E-state index is 13.3. The molecule has 0 aliphatic carbocycles. The van der Waals surface area contributed by atoms with Gasteiger partial charge >= 0.3 is 6.09 Å². The molecule has 0 bridgehead atoms. The Balaban J connectivity index is 1.31. The highest BCUT2D eigenvalue weighted by atomic mass is 16.6. The van der Waals surface area contributed by atoms with Crippen LogP contribution in [0.25, 0.3) is 10.8 Å². The smallest absolute Gasteiger partial charge is 0.410 e. The van der Waals surface area contributed by atoms with Crippen molar-refractivity contribution in [2.24, 2.45) is 0 Å². The number of hydrogen-bond acceptors (Lipinski definition) is 4. The fraction of sp³-hybridized carbons (Fsp3) is 0.519. The monoisotopic (exact) mass is 462 g/mol. The maximum atomic E-state index is 13.3. The molecule has 1 saturated heterocycles. The highest BCUT2D eigenvalue weighted by Gasteiger charge is 2.28. The predicted molar refractivity (Wildman–Crippen MR) is 132 cm³/mol. The summed E-state index contributed by atoms with van der Waals surface area (Å²) in [6, 6.07) is 8.46. The second-order valence-corrected chi connectivity index (χ2v) is 10.8. The molecular formula is C27H34N4O3. The molecule has 7 nitrogen and oxygen atoms in total. The molecule has 1 amide bonds. The maximum Gasteiger partial charge on any atom is 0.410 e. The average Bonchev–Trinajstić information content (AvgIpc) is 3.17. The van der Waals surface area contributed by atoms with E-state index >= 15 is 0 Å². The van der Waals surface area contributed by atoms with E-state index in [4.69, 9.17) is 4.74 Å². The molecule has 34 heavy (non-hydrogen) atoms. The molecule has 4 heterocycles. The molecule has 0 spiro atoms. The standard InChI is InChI=1S/C27H34N4O3/c1-18-16-30-17-21(6-8-24(30)28-18)19-5-7-23-20(15-19)9-14-31(25(23)32)22-10-12-29(13-11-22)26(33)34-27(2,3)4/h5,7,9,14-16,21-22H,6,8,10-13,17H2,1-4H3. The van der Waals surface area contributed by atoms with Crippen LogP contribution in [0.5, 0.6) is 0 Å². The largest absolute Gasteiger partial charge is 0.444 e. The second kappa shape index (κ2) is 8.60. The summed E-state index contributed by atoms with van der Waals surface area (Å²) < 4.78 is 9.62.